The topological polar surface area (TPSA) is 32.3 Å². The van der Waals surface area contributed by atoms with E-state index in [0.717, 1.165) is 17.4 Å². The molecule has 0 aromatic heterocycles. The third kappa shape index (κ3) is 2.45. The van der Waals surface area contributed by atoms with Crippen LogP contribution in [-0.4, -0.2) is 17.7 Å². The molecule has 0 amide bonds. The largest absolute Gasteiger partial charge is 0.387 e. The molecule has 4 unspecified atom stereocenters. The van der Waals surface area contributed by atoms with Gasteiger partial charge in [0.05, 0.1) is 6.10 Å². The number of fused-ring (bicyclic) bond motifs is 2. The molecule has 0 radical (unpaired) electrons. The van der Waals surface area contributed by atoms with Crippen LogP contribution in [0.5, 0.6) is 0 Å². The van der Waals surface area contributed by atoms with Crippen LogP contribution in [0, 0.1) is 18.8 Å². The SMILES string of the molecule is Cc1cccc(C(O)CNC2CC3CCC2C3)c1. The molecule has 2 fully saturated rings. The van der Waals surface area contributed by atoms with E-state index in [2.05, 4.69) is 24.4 Å². The van der Waals surface area contributed by atoms with Gasteiger partial charge in [0.25, 0.3) is 0 Å². The molecular weight excluding hydrogens is 222 g/mol. The number of hydrogen-bond acceptors (Lipinski definition) is 2. The Kier molecular flexibility index (Phi) is 3.40. The minimum absolute atomic E-state index is 0.371. The molecule has 2 saturated carbocycles. The number of aliphatic hydroxyl groups is 1. The van der Waals surface area contributed by atoms with E-state index in [0.29, 0.717) is 12.6 Å². The average Bonchev–Trinajstić information content (AvgIpc) is 2.98. The summed E-state index contributed by atoms with van der Waals surface area (Å²) in [5.74, 6) is 1.84. The molecule has 2 aliphatic carbocycles. The van der Waals surface area contributed by atoms with Gasteiger partial charge in [-0.1, -0.05) is 36.2 Å². The molecule has 0 spiro atoms. The first kappa shape index (κ1) is 12.2. The lowest BCUT2D eigenvalue weighted by Gasteiger charge is -2.24. The van der Waals surface area contributed by atoms with E-state index >= 15 is 0 Å². The normalized spacial score (nSPS) is 31.8. The number of benzene rings is 1. The van der Waals surface area contributed by atoms with Crippen molar-refractivity contribution in [2.75, 3.05) is 6.54 Å². The average molecular weight is 245 g/mol. The predicted octanol–water partition coefficient (Wildman–Crippen LogP) is 2.81. The van der Waals surface area contributed by atoms with Crippen LogP contribution in [0.4, 0.5) is 0 Å². The molecule has 2 bridgehead atoms. The highest BCUT2D eigenvalue weighted by molar-refractivity contribution is 5.24. The lowest BCUT2D eigenvalue weighted by atomic mass is 9.95. The van der Waals surface area contributed by atoms with Gasteiger partial charge in [-0.3, -0.25) is 0 Å². The first-order chi connectivity index (χ1) is 8.72. The van der Waals surface area contributed by atoms with Crippen molar-refractivity contribution < 1.29 is 5.11 Å². The molecule has 1 aromatic carbocycles. The van der Waals surface area contributed by atoms with Crippen molar-refractivity contribution in [2.45, 2.75) is 44.8 Å². The molecular formula is C16H23NO. The zero-order chi connectivity index (χ0) is 12.5. The third-order valence-electron chi connectivity index (χ3n) is 4.74. The van der Waals surface area contributed by atoms with E-state index in [9.17, 15) is 5.11 Å². The first-order valence-corrected chi connectivity index (χ1v) is 7.20. The van der Waals surface area contributed by atoms with Gasteiger partial charge in [0.15, 0.2) is 0 Å². The Labute approximate surface area is 109 Å². The highest BCUT2D eigenvalue weighted by Gasteiger charge is 2.39. The molecule has 4 atom stereocenters. The molecule has 3 rings (SSSR count). The maximum atomic E-state index is 10.2. The molecule has 98 valence electrons. The predicted molar refractivity (Wildman–Crippen MR) is 73.4 cm³/mol. The Balaban J connectivity index is 1.54. The lowest BCUT2D eigenvalue weighted by Crippen LogP contribution is -2.36. The Morgan fingerprint density at radius 2 is 2.22 bits per heavy atom. The minimum Gasteiger partial charge on any atom is -0.387 e. The van der Waals surface area contributed by atoms with E-state index in [-0.39, 0.29) is 6.10 Å². The van der Waals surface area contributed by atoms with E-state index in [1.54, 1.807) is 0 Å². The highest BCUT2D eigenvalue weighted by atomic mass is 16.3. The summed E-state index contributed by atoms with van der Waals surface area (Å²) in [5.41, 5.74) is 2.25. The minimum atomic E-state index is -0.371. The summed E-state index contributed by atoms with van der Waals surface area (Å²) in [6.07, 6.45) is 5.19. The zero-order valence-corrected chi connectivity index (χ0v) is 11.1. The first-order valence-electron chi connectivity index (χ1n) is 7.20. The zero-order valence-electron chi connectivity index (χ0n) is 11.1. The van der Waals surface area contributed by atoms with Crippen molar-refractivity contribution in [3.8, 4) is 0 Å². The number of rotatable bonds is 4. The van der Waals surface area contributed by atoms with Crippen molar-refractivity contribution >= 4 is 0 Å². The summed E-state index contributed by atoms with van der Waals surface area (Å²) in [7, 11) is 0. The van der Waals surface area contributed by atoms with E-state index in [4.69, 9.17) is 0 Å². The lowest BCUT2D eigenvalue weighted by molar-refractivity contribution is 0.163. The van der Waals surface area contributed by atoms with Gasteiger partial charge in [-0.2, -0.15) is 0 Å². The number of hydrogen-bond donors (Lipinski definition) is 2. The van der Waals surface area contributed by atoms with Crippen LogP contribution in [0.25, 0.3) is 0 Å². The second-order valence-corrected chi connectivity index (χ2v) is 6.12. The third-order valence-corrected chi connectivity index (χ3v) is 4.74. The highest BCUT2D eigenvalue weighted by Crippen LogP contribution is 2.44. The standard InChI is InChI=1S/C16H23NO/c1-11-3-2-4-14(7-11)16(18)10-17-15-9-12-5-6-13(15)8-12/h2-4,7,12-13,15-18H,5-6,8-10H2,1H3. The van der Waals surface area contributed by atoms with E-state index in [1.165, 1.54) is 31.2 Å². The quantitative estimate of drug-likeness (QED) is 0.855. The Hall–Kier alpha value is -0.860. The van der Waals surface area contributed by atoms with Gasteiger partial charge in [0.1, 0.15) is 0 Å². The number of aliphatic hydroxyl groups excluding tert-OH is 1. The fourth-order valence-corrected chi connectivity index (χ4v) is 3.75. The van der Waals surface area contributed by atoms with Gasteiger partial charge in [0.2, 0.25) is 0 Å². The van der Waals surface area contributed by atoms with Gasteiger partial charge < -0.3 is 10.4 Å². The molecule has 2 aliphatic rings. The Morgan fingerprint density at radius 1 is 1.33 bits per heavy atom. The van der Waals surface area contributed by atoms with Crippen molar-refractivity contribution in [3.05, 3.63) is 35.4 Å². The summed E-state index contributed by atoms with van der Waals surface area (Å²) in [6, 6.07) is 8.83. The van der Waals surface area contributed by atoms with E-state index in [1.807, 2.05) is 12.1 Å². The second kappa shape index (κ2) is 5.02. The van der Waals surface area contributed by atoms with Crippen LogP contribution in [0.2, 0.25) is 0 Å². The summed E-state index contributed by atoms with van der Waals surface area (Å²) < 4.78 is 0. The molecule has 2 heteroatoms. The van der Waals surface area contributed by atoms with Gasteiger partial charge in [0, 0.05) is 12.6 Å². The summed E-state index contributed by atoms with van der Waals surface area (Å²) in [4.78, 5) is 0. The van der Waals surface area contributed by atoms with Crippen LogP contribution in [0.15, 0.2) is 24.3 Å². The van der Waals surface area contributed by atoms with Crippen LogP contribution in [-0.2, 0) is 0 Å². The van der Waals surface area contributed by atoms with Gasteiger partial charge in [-0.15, -0.1) is 0 Å². The van der Waals surface area contributed by atoms with Crippen molar-refractivity contribution in [2.24, 2.45) is 11.8 Å². The summed E-state index contributed by atoms with van der Waals surface area (Å²) in [5, 5.41) is 13.8. The van der Waals surface area contributed by atoms with Crippen LogP contribution in [0.1, 0.15) is 42.9 Å². The van der Waals surface area contributed by atoms with Gasteiger partial charge in [-0.05, 0) is 43.6 Å². The van der Waals surface area contributed by atoms with E-state index < -0.39 is 0 Å². The Bertz CT molecular complexity index is 417. The van der Waals surface area contributed by atoms with Gasteiger partial charge in [-0.25, -0.2) is 0 Å². The summed E-state index contributed by atoms with van der Waals surface area (Å²) in [6.45, 7) is 2.76. The monoisotopic (exact) mass is 245 g/mol. The maximum Gasteiger partial charge on any atom is 0.0914 e. The smallest absolute Gasteiger partial charge is 0.0914 e. The fourth-order valence-electron chi connectivity index (χ4n) is 3.75. The second-order valence-electron chi connectivity index (χ2n) is 6.12. The molecule has 1 aromatic rings. The molecule has 2 N–H and O–H groups in total. The summed E-state index contributed by atoms with van der Waals surface area (Å²) >= 11 is 0. The van der Waals surface area contributed by atoms with Crippen molar-refractivity contribution in [1.29, 1.82) is 0 Å². The van der Waals surface area contributed by atoms with Crippen molar-refractivity contribution in [3.63, 3.8) is 0 Å². The van der Waals surface area contributed by atoms with Crippen LogP contribution < -0.4 is 5.32 Å². The maximum absolute atomic E-state index is 10.2. The van der Waals surface area contributed by atoms with Crippen molar-refractivity contribution in [1.82, 2.24) is 5.32 Å². The number of nitrogens with one attached hydrogen (secondary N) is 1. The Morgan fingerprint density at radius 3 is 2.89 bits per heavy atom. The fraction of sp³-hybridized carbons (Fsp3) is 0.625. The molecule has 18 heavy (non-hydrogen) atoms. The molecule has 2 nitrogen and oxygen atoms in total. The molecule has 0 saturated heterocycles. The van der Waals surface area contributed by atoms with Crippen LogP contribution in [0.3, 0.4) is 0 Å². The number of aryl methyl sites for hydroxylation is 1. The van der Waals surface area contributed by atoms with Crippen LogP contribution >= 0.6 is 0 Å². The van der Waals surface area contributed by atoms with Gasteiger partial charge >= 0.3 is 0 Å². The molecule has 0 aliphatic heterocycles. The molecule has 0 heterocycles.